The summed E-state index contributed by atoms with van der Waals surface area (Å²) < 4.78 is 229. The lowest BCUT2D eigenvalue weighted by Crippen LogP contribution is -2.19. The Morgan fingerprint density at radius 2 is 0.877 bits per heavy atom. The van der Waals surface area contributed by atoms with Crippen molar-refractivity contribution in [3.05, 3.63) is 333 Å². The summed E-state index contributed by atoms with van der Waals surface area (Å²) in [5.41, 5.74) is 5.09. The van der Waals surface area contributed by atoms with Gasteiger partial charge in [-0.15, -0.1) is 5.10 Å². The normalized spacial score (nSPS) is 12.1. The van der Waals surface area contributed by atoms with Gasteiger partial charge in [0.2, 0.25) is 5.91 Å². The number of hydrogen-bond donors (Lipinski definition) is 1. The highest BCUT2D eigenvalue weighted by molar-refractivity contribution is 7.93. The van der Waals surface area contributed by atoms with Gasteiger partial charge in [-0.2, -0.15) is 13.2 Å². The fourth-order valence-corrected chi connectivity index (χ4v) is 20.2. The number of anilines is 1. The minimum Gasteiger partial charge on any atom is -0.361 e. The number of carbonyl (C=O) groups is 4. The first-order valence-corrected chi connectivity index (χ1v) is 45.8. The number of Topliss-reactive ketones (excluding diaryl/α,β-unsaturated/α-hetero) is 3. The molecule has 8 aromatic carbocycles. The van der Waals surface area contributed by atoms with Gasteiger partial charge in [0.15, 0.2) is 52.7 Å². The second-order valence-electron chi connectivity index (χ2n) is 30.1. The van der Waals surface area contributed by atoms with Crippen LogP contribution in [0.25, 0.3) is 49.3 Å². The summed E-state index contributed by atoms with van der Waals surface area (Å²) in [4.78, 5) is 49.3. The molecule has 0 radical (unpaired) electrons. The van der Waals surface area contributed by atoms with Gasteiger partial charge < -0.3 is 41.7 Å². The van der Waals surface area contributed by atoms with E-state index in [1.54, 1.807) is 168 Å². The average Bonchev–Trinajstić information content (AvgIpc) is 1.53. The third-order valence-corrected chi connectivity index (χ3v) is 26.5. The number of carbonyl (C=O) groups excluding carboxylic acids is 4. The lowest BCUT2D eigenvalue weighted by Gasteiger charge is -2.10. The van der Waals surface area contributed by atoms with Crippen LogP contribution in [0.3, 0.4) is 0 Å². The fourth-order valence-electron chi connectivity index (χ4n) is 14.4. The van der Waals surface area contributed by atoms with Crippen molar-refractivity contribution in [2.75, 3.05) is 28.3 Å². The number of fused-ring (bicyclic) bond motifs is 4. The molecule has 0 saturated heterocycles. The van der Waals surface area contributed by atoms with Crippen molar-refractivity contribution in [3.8, 4) is 5.69 Å². The Bertz CT molecular complexity index is 7540. The number of nitrogens with one attached hydrogen (secondary N) is 1. The molecular formula is C90H73ClF8N12O15S4. The molecule has 130 heavy (non-hydrogen) atoms. The van der Waals surface area contributed by atoms with Crippen molar-refractivity contribution in [3.63, 3.8) is 0 Å². The average molecular weight is 1880 g/mol. The highest BCUT2D eigenvalue weighted by Gasteiger charge is 2.33. The van der Waals surface area contributed by atoms with Crippen LogP contribution >= 0.6 is 11.6 Å². The van der Waals surface area contributed by atoms with Crippen LogP contribution in [-0.4, -0.2) is 130 Å². The number of aryl methyl sites for hydroxylation is 4. The number of halogens is 9. The van der Waals surface area contributed by atoms with Crippen molar-refractivity contribution in [1.82, 2.24) is 53.9 Å². The molecule has 0 bridgehead atoms. The Balaban J connectivity index is 0.000000140. The van der Waals surface area contributed by atoms with Gasteiger partial charge in [-0.1, -0.05) is 122 Å². The Labute approximate surface area is 742 Å². The van der Waals surface area contributed by atoms with Gasteiger partial charge in [0.25, 0.3) is 0 Å². The number of hydrogen-bond acceptors (Lipinski definition) is 21. The van der Waals surface area contributed by atoms with Gasteiger partial charge in [-0.3, -0.25) is 23.4 Å². The standard InChI is InChI=1S/C24H19F2N5O4S.C23H19F3N2O4S.C22H19FN2O4S.C21H16ClF2N3O3S/c1-15-7-18(28-35-15)11-20(32)14-36(33,34)23-13-30(22-10-17(25)9-21(26)24(22)23)12-16-3-2-4-19(8-16)31-6-5-27-29-31;1-15-9-18(27-32-15)11-19(29)14-33(30,31)22-13-28(21-8-3-2-7-20(21)22)12-16-5-4-6-17(10-16)23(24,25)26;1-15-9-18(24-29-15)11-19(26)14-30(27,28)22-13-25(21-8-3-2-7-20(21)22)12-16-5-4-6-17(23)10-16;1-12-5-19(26-30-12)25-20(28)11-31(29)18-10-27(9-13-3-2-4-14(22)6-13)17-8-15(23)7-16(24)21(17)18/h2-10,13H,11-12,14H2,1H3;2-10,13H,11-12,14H2,1H3;2-10,13H,11-12,14H2,1H3;2-8,10H,9,11H2,1H3,(H,25,26,28). The van der Waals surface area contributed by atoms with Crippen LogP contribution in [0.5, 0.6) is 0 Å². The maximum absolute atomic E-state index is 14.9. The van der Waals surface area contributed by atoms with E-state index < -0.39 is 122 Å². The molecule has 1 atom stereocenters. The first-order chi connectivity index (χ1) is 61.8. The van der Waals surface area contributed by atoms with E-state index in [1.165, 1.54) is 71.9 Å². The molecule has 1 amide bonds. The molecule has 670 valence electrons. The van der Waals surface area contributed by atoms with Crippen molar-refractivity contribution in [2.45, 2.75) is 98.9 Å². The number of sulfone groups is 3. The first kappa shape index (κ1) is 92.3. The van der Waals surface area contributed by atoms with E-state index >= 15 is 0 Å². The second-order valence-corrected chi connectivity index (χ2v) is 37.9. The lowest BCUT2D eigenvalue weighted by atomic mass is 10.1. The van der Waals surface area contributed by atoms with Gasteiger partial charge >= 0.3 is 6.18 Å². The van der Waals surface area contributed by atoms with Crippen molar-refractivity contribution in [2.24, 2.45) is 0 Å². The fraction of sp³-hybridized carbons (Fsp3) is 0.178. The molecule has 0 fully saturated rings. The van der Waals surface area contributed by atoms with E-state index in [0.717, 1.165) is 35.4 Å². The van der Waals surface area contributed by atoms with Crippen molar-refractivity contribution in [1.29, 1.82) is 0 Å². The van der Waals surface area contributed by atoms with Crippen LogP contribution in [-0.2, 0) is 111 Å². The SMILES string of the molecule is Cc1cc(CC(=O)CS(=O)(=O)c2cn(Cc3cccc(-n4ccnn4)c3)c3cc(F)cc(F)c23)no1.Cc1cc(CC(=O)CS(=O)(=O)c2cn(Cc3cccc(C(F)(F)F)c3)c3ccccc23)no1.Cc1cc(CC(=O)CS(=O)(=O)c2cn(Cc3cccc(F)c3)c3ccccc23)no1.Cc1cc(NC(=O)CS(=O)c2cn(Cc3cccc(Cl)c3)c3cc(F)cc(F)c23)no1. The largest absolute Gasteiger partial charge is 0.416 e. The van der Waals surface area contributed by atoms with Gasteiger partial charge in [-0.25, -0.2) is 51.9 Å². The summed E-state index contributed by atoms with van der Waals surface area (Å²) in [6, 6.07) is 48.7. The maximum Gasteiger partial charge on any atom is 0.416 e. The molecule has 0 spiro atoms. The summed E-state index contributed by atoms with van der Waals surface area (Å²) in [6.07, 6.45) is 3.75. The molecular weight excluding hydrogens is 1800 g/mol. The summed E-state index contributed by atoms with van der Waals surface area (Å²) >= 11 is 6.03. The molecule has 17 aromatic rings. The van der Waals surface area contributed by atoms with Gasteiger partial charge in [0, 0.05) is 114 Å². The molecule has 17 rings (SSSR count). The molecule has 0 aliphatic carbocycles. The zero-order valence-electron chi connectivity index (χ0n) is 68.8. The summed E-state index contributed by atoms with van der Waals surface area (Å²) in [5.74, 6) is -6.47. The number of rotatable bonds is 28. The number of aromatic nitrogens is 11. The molecule has 0 aliphatic heterocycles. The Hall–Kier alpha value is -13.9. The third-order valence-electron chi connectivity index (χ3n) is 19.9. The Kier molecular flexibility index (Phi) is 27.7. The molecule has 0 aliphatic rings. The van der Waals surface area contributed by atoms with E-state index in [4.69, 9.17) is 29.7 Å². The van der Waals surface area contributed by atoms with E-state index in [-0.39, 0.29) is 91.9 Å². The van der Waals surface area contributed by atoms with Crippen LogP contribution < -0.4 is 5.32 Å². The van der Waals surface area contributed by atoms with Crippen LogP contribution in [0, 0.1) is 56.8 Å². The third kappa shape index (κ3) is 22.6. The number of ketones is 3. The van der Waals surface area contributed by atoms with E-state index in [9.17, 15) is 83.8 Å². The van der Waals surface area contributed by atoms with Crippen molar-refractivity contribution < 1.29 is 102 Å². The molecule has 1 N–H and O–H groups in total. The molecule has 9 heterocycles. The quantitative estimate of drug-likeness (QED) is 0.0445. The van der Waals surface area contributed by atoms with Gasteiger partial charge in [-0.05, 0) is 123 Å². The minimum atomic E-state index is -4.48. The highest BCUT2D eigenvalue weighted by Crippen LogP contribution is 2.36. The van der Waals surface area contributed by atoms with E-state index in [1.807, 2.05) is 12.1 Å². The second kappa shape index (κ2) is 39.0. The topological polar surface area (TPSA) is 354 Å². The maximum atomic E-state index is 14.9. The number of alkyl halides is 3. The number of benzene rings is 8. The van der Waals surface area contributed by atoms with Crippen molar-refractivity contribution >= 4 is 125 Å². The Morgan fingerprint density at radius 3 is 1.35 bits per heavy atom. The number of amides is 1. The minimum absolute atomic E-state index is 0.00634. The highest BCUT2D eigenvalue weighted by atomic mass is 35.5. The molecule has 1 unspecified atom stereocenters. The summed E-state index contributed by atoms with van der Waals surface area (Å²) in [7, 11) is -14.0. The van der Waals surface area contributed by atoms with E-state index in [2.05, 4.69) is 36.3 Å². The van der Waals surface area contributed by atoms with Crippen LogP contribution in [0.1, 0.15) is 67.9 Å². The molecule has 9 aromatic heterocycles. The predicted octanol–water partition coefficient (Wildman–Crippen LogP) is 16.4. The molecule has 40 heteroatoms. The van der Waals surface area contributed by atoms with Crippen LogP contribution in [0.2, 0.25) is 5.02 Å². The number of para-hydroxylation sites is 2. The first-order valence-electron chi connectivity index (χ1n) is 39.2. The van der Waals surface area contributed by atoms with E-state index in [0.29, 0.717) is 96.4 Å². The summed E-state index contributed by atoms with van der Waals surface area (Å²) in [6.45, 7) is 7.38. The zero-order valence-corrected chi connectivity index (χ0v) is 72.8. The smallest absolute Gasteiger partial charge is 0.361 e. The molecule has 0 saturated carbocycles. The number of nitrogens with zero attached hydrogens (tertiary/aromatic N) is 11. The predicted molar refractivity (Wildman–Crippen MR) is 462 cm³/mol. The van der Waals surface area contributed by atoms with Crippen LogP contribution in [0.4, 0.5) is 40.9 Å². The Morgan fingerprint density at radius 1 is 0.446 bits per heavy atom. The monoisotopic (exact) mass is 1880 g/mol. The van der Waals surface area contributed by atoms with Gasteiger partial charge in [0.1, 0.15) is 75.1 Å². The molecule has 27 nitrogen and oxygen atoms in total. The van der Waals surface area contributed by atoms with Crippen LogP contribution in [0.15, 0.2) is 269 Å². The lowest BCUT2D eigenvalue weighted by molar-refractivity contribution is -0.137. The zero-order chi connectivity index (χ0) is 92.7. The summed E-state index contributed by atoms with van der Waals surface area (Å²) in [5, 5.41) is 26.2. The van der Waals surface area contributed by atoms with Gasteiger partial charge in [0.05, 0.1) is 112 Å².